The second kappa shape index (κ2) is 7.27. The fourth-order valence-electron chi connectivity index (χ4n) is 2.53. The Hall–Kier alpha value is -3.70. The van der Waals surface area contributed by atoms with Gasteiger partial charge in [0.25, 0.3) is 0 Å². The second-order valence-electron chi connectivity index (χ2n) is 5.75. The Morgan fingerprint density at radius 2 is 1.30 bits per heavy atom. The van der Waals surface area contributed by atoms with Gasteiger partial charge in [-0.15, -0.1) is 0 Å². The van der Waals surface area contributed by atoms with E-state index in [4.69, 9.17) is 9.68 Å². The molecule has 0 aliphatic carbocycles. The topological polar surface area (TPSA) is 115 Å². The molecule has 0 aromatic carbocycles. The maximum atomic E-state index is 11.9. The van der Waals surface area contributed by atoms with Crippen LogP contribution in [0, 0.1) is 0 Å². The number of carbonyl (C=O) groups is 2. The molecule has 0 atom stereocenters. The molecule has 0 amide bonds. The quantitative estimate of drug-likeness (QED) is 0.692. The standard InChI is InChI=1S/C15H16N8O4/c24-14(26-22-12-6-1-3-10-20(12)16-18-22)8-5-9-15(25)27-23-13-7-2-4-11-21(13)17-19-23/h1-4,6-7H,5,8-11H2. The molecular formula is C15H16N8O4. The average Bonchev–Trinajstić information content (AvgIpc) is 3.27. The molecule has 12 nitrogen and oxygen atoms in total. The van der Waals surface area contributed by atoms with Crippen LogP contribution in [0.2, 0.25) is 0 Å². The van der Waals surface area contributed by atoms with Crippen LogP contribution in [0.3, 0.4) is 0 Å². The van der Waals surface area contributed by atoms with Crippen molar-refractivity contribution in [1.29, 1.82) is 0 Å². The highest BCUT2D eigenvalue weighted by Gasteiger charge is 2.28. The summed E-state index contributed by atoms with van der Waals surface area (Å²) in [5, 5.41) is 20.6. The van der Waals surface area contributed by atoms with Gasteiger partial charge in [0.15, 0.2) is 11.6 Å². The van der Waals surface area contributed by atoms with Crippen molar-refractivity contribution in [2.75, 3.05) is 13.1 Å². The molecule has 0 unspecified atom stereocenters. The first kappa shape index (κ1) is 16.8. The third-order valence-electron chi connectivity index (χ3n) is 3.84. The molecule has 0 saturated carbocycles. The zero-order valence-electron chi connectivity index (χ0n) is 14.2. The number of carbonyl (C=O) groups excluding carboxylic acids is 2. The lowest BCUT2D eigenvalue weighted by atomic mass is 10.2. The highest BCUT2D eigenvalue weighted by atomic mass is 16.7. The third-order valence-corrected chi connectivity index (χ3v) is 3.84. The van der Waals surface area contributed by atoms with Crippen LogP contribution in [0.25, 0.3) is 0 Å². The van der Waals surface area contributed by atoms with Gasteiger partial charge in [-0.25, -0.2) is 19.6 Å². The van der Waals surface area contributed by atoms with Crippen LogP contribution in [0.15, 0.2) is 69.0 Å². The van der Waals surface area contributed by atoms with E-state index in [9.17, 15) is 9.59 Å². The average molecular weight is 372 g/mol. The Bertz CT molecular complexity index is 749. The molecule has 12 heteroatoms. The highest BCUT2D eigenvalue weighted by Crippen LogP contribution is 2.24. The first-order chi connectivity index (χ1) is 13.2. The summed E-state index contributed by atoms with van der Waals surface area (Å²) >= 11 is 0. The predicted octanol–water partition coefficient (Wildman–Crippen LogP) is 1.70. The van der Waals surface area contributed by atoms with E-state index in [-0.39, 0.29) is 19.3 Å². The van der Waals surface area contributed by atoms with E-state index in [1.165, 1.54) is 0 Å². The van der Waals surface area contributed by atoms with E-state index in [1.807, 2.05) is 24.3 Å². The third kappa shape index (κ3) is 3.63. The van der Waals surface area contributed by atoms with Crippen LogP contribution in [0.5, 0.6) is 0 Å². The first-order valence-electron chi connectivity index (χ1n) is 8.34. The number of nitrogens with zero attached hydrogens (tertiary/aromatic N) is 8. The highest BCUT2D eigenvalue weighted by molar-refractivity contribution is 5.72. The summed E-state index contributed by atoms with van der Waals surface area (Å²) < 4.78 is 0. The number of fused-ring (bicyclic) bond motifs is 2. The van der Waals surface area contributed by atoms with Gasteiger partial charge in [-0.05, 0) is 39.5 Å². The molecule has 0 aromatic heterocycles. The maximum absolute atomic E-state index is 11.9. The number of hydroxylamine groups is 2. The number of hydrogen-bond acceptors (Lipinski definition) is 12. The Labute approximate surface area is 153 Å². The zero-order valence-corrected chi connectivity index (χ0v) is 14.2. The molecular weight excluding hydrogens is 356 g/mol. The van der Waals surface area contributed by atoms with Gasteiger partial charge < -0.3 is 9.68 Å². The van der Waals surface area contributed by atoms with E-state index in [0.29, 0.717) is 24.7 Å². The summed E-state index contributed by atoms with van der Waals surface area (Å²) in [6.07, 6.45) is 11.2. The summed E-state index contributed by atoms with van der Waals surface area (Å²) in [5.74, 6) is 0.0745. The fourth-order valence-corrected chi connectivity index (χ4v) is 2.53. The van der Waals surface area contributed by atoms with E-state index >= 15 is 0 Å². The molecule has 4 aliphatic heterocycles. The molecule has 0 aromatic rings. The van der Waals surface area contributed by atoms with Crippen LogP contribution < -0.4 is 0 Å². The van der Waals surface area contributed by atoms with Gasteiger partial charge in [0.2, 0.25) is 0 Å². The summed E-state index contributed by atoms with van der Waals surface area (Å²) in [7, 11) is 0. The van der Waals surface area contributed by atoms with Gasteiger partial charge in [-0.3, -0.25) is 0 Å². The van der Waals surface area contributed by atoms with Crippen molar-refractivity contribution in [2.24, 2.45) is 20.9 Å². The molecule has 0 radical (unpaired) electrons. The van der Waals surface area contributed by atoms with Crippen LogP contribution in [0.4, 0.5) is 0 Å². The maximum Gasteiger partial charge on any atom is 0.335 e. The number of allylic oxidation sites excluding steroid dienone is 4. The molecule has 4 heterocycles. The van der Waals surface area contributed by atoms with Crippen molar-refractivity contribution in [3.63, 3.8) is 0 Å². The molecule has 0 fully saturated rings. The van der Waals surface area contributed by atoms with Crippen LogP contribution >= 0.6 is 0 Å². The van der Waals surface area contributed by atoms with Crippen molar-refractivity contribution in [1.82, 2.24) is 20.4 Å². The van der Waals surface area contributed by atoms with Crippen molar-refractivity contribution in [2.45, 2.75) is 19.3 Å². The zero-order chi connectivity index (χ0) is 18.6. The number of rotatable bonds is 6. The minimum Gasteiger partial charge on any atom is -0.316 e. The first-order valence-corrected chi connectivity index (χ1v) is 8.34. The molecule has 0 saturated heterocycles. The van der Waals surface area contributed by atoms with E-state index in [1.54, 1.807) is 22.2 Å². The lowest BCUT2D eigenvalue weighted by Gasteiger charge is -2.19. The summed E-state index contributed by atoms with van der Waals surface area (Å²) in [4.78, 5) is 34.2. The van der Waals surface area contributed by atoms with E-state index < -0.39 is 11.9 Å². The van der Waals surface area contributed by atoms with Crippen LogP contribution in [-0.4, -0.2) is 45.4 Å². The summed E-state index contributed by atoms with van der Waals surface area (Å²) in [6.45, 7) is 1.12. The van der Waals surface area contributed by atoms with Gasteiger partial charge in [0.05, 0.1) is 13.1 Å². The molecule has 0 bridgehead atoms. The van der Waals surface area contributed by atoms with Crippen LogP contribution in [0.1, 0.15) is 19.3 Å². The Morgan fingerprint density at radius 3 is 1.78 bits per heavy atom. The fraction of sp³-hybridized carbons (Fsp3) is 0.333. The lowest BCUT2D eigenvalue weighted by molar-refractivity contribution is -0.184. The van der Waals surface area contributed by atoms with Gasteiger partial charge in [-0.1, -0.05) is 34.6 Å². The molecule has 0 N–H and O–H groups in total. The second-order valence-corrected chi connectivity index (χ2v) is 5.75. The smallest absolute Gasteiger partial charge is 0.316 e. The van der Waals surface area contributed by atoms with Gasteiger partial charge in [-0.2, -0.15) is 0 Å². The van der Waals surface area contributed by atoms with E-state index in [2.05, 4.69) is 20.9 Å². The molecule has 27 heavy (non-hydrogen) atoms. The molecule has 140 valence electrons. The van der Waals surface area contributed by atoms with Crippen molar-refractivity contribution in [3.8, 4) is 0 Å². The van der Waals surface area contributed by atoms with Crippen molar-refractivity contribution < 1.29 is 19.3 Å². The Balaban J connectivity index is 1.19. The number of hydrogen-bond donors (Lipinski definition) is 0. The van der Waals surface area contributed by atoms with Gasteiger partial charge in [0.1, 0.15) is 0 Å². The van der Waals surface area contributed by atoms with Gasteiger partial charge >= 0.3 is 11.9 Å². The van der Waals surface area contributed by atoms with Crippen LogP contribution in [-0.2, 0) is 19.3 Å². The van der Waals surface area contributed by atoms with Crippen molar-refractivity contribution >= 4 is 11.9 Å². The van der Waals surface area contributed by atoms with E-state index in [0.717, 1.165) is 10.3 Å². The Kier molecular flexibility index (Phi) is 4.51. The minimum atomic E-state index is -0.522. The lowest BCUT2D eigenvalue weighted by Crippen LogP contribution is -2.27. The van der Waals surface area contributed by atoms with Crippen molar-refractivity contribution in [3.05, 3.63) is 48.1 Å². The molecule has 4 aliphatic rings. The monoisotopic (exact) mass is 372 g/mol. The Morgan fingerprint density at radius 1 is 0.815 bits per heavy atom. The summed E-state index contributed by atoms with van der Waals surface area (Å²) in [5.41, 5.74) is 0. The van der Waals surface area contributed by atoms with Gasteiger partial charge in [0, 0.05) is 12.8 Å². The normalized spacial score (nSPS) is 19.1. The minimum absolute atomic E-state index is 0.0311. The predicted molar refractivity (Wildman–Crippen MR) is 87.3 cm³/mol. The molecule has 0 spiro atoms. The molecule has 4 rings (SSSR count). The largest absolute Gasteiger partial charge is 0.335 e. The summed E-state index contributed by atoms with van der Waals surface area (Å²) in [6, 6.07) is 0. The SMILES string of the molecule is O=C(CCCC(=O)ON1N=NN2CC=CC=C21)ON1N=NN2CC=CC=C21.